The van der Waals surface area contributed by atoms with E-state index in [4.69, 9.17) is 5.73 Å². The Bertz CT molecular complexity index is 1250. The van der Waals surface area contributed by atoms with E-state index in [1.165, 1.54) is 0 Å². The van der Waals surface area contributed by atoms with E-state index in [0.29, 0.717) is 17.0 Å². The van der Waals surface area contributed by atoms with Crippen molar-refractivity contribution in [3.8, 4) is 11.3 Å². The summed E-state index contributed by atoms with van der Waals surface area (Å²) in [5.74, 6) is -0.152. The van der Waals surface area contributed by atoms with Gasteiger partial charge in [0.15, 0.2) is 0 Å². The van der Waals surface area contributed by atoms with Gasteiger partial charge in [-0.05, 0) is 30.0 Å². The summed E-state index contributed by atoms with van der Waals surface area (Å²) in [5, 5.41) is 5.32. The highest BCUT2D eigenvalue weighted by molar-refractivity contribution is 6.00. The highest BCUT2D eigenvalue weighted by atomic mass is 19.1. The van der Waals surface area contributed by atoms with Crippen LogP contribution in [0.3, 0.4) is 0 Å². The highest BCUT2D eigenvalue weighted by Crippen LogP contribution is 2.35. The Hall–Kier alpha value is -3.48. The van der Waals surface area contributed by atoms with Crippen LogP contribution >= 0.6 is 0 Å². The quantitative estimate of drug-likeness (QED) is 0.572. The van der Waals surface area contributed by atoms with Crippen molar-refractivity contribution < 1.29 is 9.18 Å². The SMILES string of the molecule is Cn1ccc2cccc(-c3cc4cc(NC(=O)[C@@H]5C[C@@H]5F)ncc4c(N)n3)c21. The summed E-state index contributed by atoms with van der Waals surface area (Å²) in [6.07, 6.45) is 2.82. The molecule has 1 saturated carbocycles. The third-order valence-corrected chi connectivity index (χ3v) is 5.22. The van der Waals surface area contributed by atoms with Gasteiger partial charge in [0.25, 0.3) is 0 Å². The number of carbonyl (C=O) groups is 1. The molecule has 1 aliphatic carbocycles. The van der Waals surface area contributed by atoms with Crippen molar-refractivity contribution >= 4 is 39.2 Å². The molecule has 1 fully saturated rings. The first-order valence-corrected chi connectivity index (χ1v) is 9.07. The van der Waals surface area contributed by atoms with E-state index in [1.54, 1.807) is 12.3 Å². The van der Waals surface area contributed by atoms with Gasteiger partial charge < -0.3 is 15.6 Å². The van der Waals surface area contributed by atoms with Gasteiger partial charge in [0.05, 0.1) is 17.1 Å². The van der Waals surface area contributed by atoms with Crippen LogP contribution in [0.4, 0.5) is 16.0 Å². The van der Waals surface area contributed by atoms with Crippen molar-refractivity contribution in [1.82, 2.24) is 14.5 Å². The van der Waals surface area contributed by atoms with E-state index in [9.17, 15) is 9.18 Å². The molecule has 1 amide bonds. The smallest absolute Gasteiger partial charge is 0.231 e. The Kier molecular flexibility index (Phi) is 3.58. The van der Waals surface area contributed by atoms with Gasteiger partial charge in [0.2, 0.25) is 5.91 Å². The van der Waals surface area contributed by atoms with Crippen LogP contribution in [-0.4, -0.2) is 26.6 Å². The molecule has 28 heavy (non-hydrogen) atoms. The largest absolute Gasteiger partial charge is 0.383 e. The fraction of sp³-hybridized carbons (Fsp3) is 0.190. The zero-order chi connectivity index (χ0) is 19.4. The average molecular weight is 375 g/mol. The molecule has 5 rings (SSSR count). The lowest BCUT2D eigenvalue weighted by Crippen LogP contribution is -2.15. The molecule has 0 unspecified atom stereocenters. The molecule has 0 spiro atoms. The van der Waals surface area contributed by atoms with Crippen molar-refractivity contribution in [2.24, 2.45) is 13.0 Å². The summed E-state index contributed by atoms with van der Waals surface area (Å²) >= 11 is 0. The molecule has 6 nitrogen and oxygen atoms in total. The Morgan fingerprint density at radius 3 is 2.89 bits per heavy atom. The number of halogens is 1. The number of nitrogen functional groups attached to an aromatic ring is 1. The number of aryl methyl sites for hydroxylation is 1. The molecule has 0 aliphatic heterocycles. The van der Waals surface area contributed by atoms with Crippen molar-refractivity contribution in [1.29, 1.82) is 0 Å². The number of alkyl halides is 1. The van der Waals surface area contributed by atoms with Gasteiger partial charge in [0.1, 0.15) is 17.8 Å². The number of benzene rings is 1. The number of pyridine rings is 2. The number of nitrogens with zero attached hydrogens (tertiary/aromatic N) is 3. The maximum Gasteiger partial charge on any atom is 0.231 e. The summed E-state index contributed by atoms with van der Waals surface area (Å²) in [5.41, 5.74) is 8.97. The van der Waals surface area contributed by atoms with Crippen LogP contribution in [0.5, 0.6) is 0 Å². The topological polar surface area (TPSA) is 85.8 Å². The molecule has 3 N–H and O–H groups in total. The monoisotopic (exact) mass is 375 g/mol. The van der Waals surface area contributed by atoms with E-state index >= 15 is 0 Å². The molecule has 0 saturated heterocycles. The number of hydrogen-bond acceptors (Lipinski definition) is 4. The predicted molar refractivity (Wildman–Crippen MR) is 107 cm³/mol. The average Bonchev–Trinajstić information content (AvgIpc) is 3.30. The van der Waals surface area contributed by atoms with Crippen molar-refractivity contribution in [3.05, 3.63) is 48.8 Å². The number of carbonyl (C=O) groups excluding carboxylic acids is 1. The predicted octanol–water partition coefficient (Wildman–Crippen LogP) is 3.67. The number of nitrogens with one attached hydrogen (secondary N) is 1. The van der Waals surface area contributed by atoms with Crippen molar-refractivity contribution in [3.63, 3.8) is 0 Å². The second kappa shape index (κ2) is 6.02. The normalized spacial score (nSPS) is 18.5. The molecular formula is C21H18FN5O. The molecule has 2 atom stereocenters. The summed E-state index contributed by atoms with van der Waals surface area (Å²) < 4.78 is 15.2. The van der Waals surface area contributed by atoms with Crippen LogP contribution in [0.2, 0.25) is 0 Å². The lowest BCUT2D eigenvalue weighted by atomic mass is 10.1. The zero-order valence-electron chi connectivity index (χ0n) is 15.2. The molecule has 3 aromatic heterocycles. The molecule has 3 heterocycles. The van der Waals surface area contributed by atoms with Gasteiger partial charge in [0, 0.05) is 35.8 Å². The first-order valence-electron chi connectivity index (χ1n) is 9.07. The van der Waals surface area contributed by atoms with Crippen LogP contribution in [0, 0.1) is 5.92 Å². The maximum absolute atomic E-state index is 13.1. The van der Waals surface area contributed by atoms with Gasteiger partial charge in [-0.1, -0.05) is 18.2 Å². The number of nitrogens with two attached hydrogens (primary N) is 1. The number of amides is 1. The second-order valence-corrected chi connectivity index (χ2v) is 7.20. The van der Waals surface area contributed by atoms with Gasteiger partial charge >= 0.3 is 0 Å². The number of para-hydroxylation sites is 1. The molecule has 7 heteroatoms. The Morgan fingerprint density at radius 2 is 2.11 bits per heavy atom. The Balaban J connectivity index is 1.60. The van der Waals surface area contributed by atoms with Crippen molar-refractivity contribution in [2.45, 2.75) is 12.6 Å². The molecule has 0 bridgehead atoms. The summed E-state index contributed by atoms with van der Waals surface area (Å²) in [7, 11) is 1.99. The fourth-order valence-corrected chi connectivity index (χ4v) is 3.60. The lowest BCUT2D eigenvalue weighted by Gasteiger charge is -2.10. The van der Waals surface area contributed by atoms with Gasteiger partial charge in [-0.2, -0.15) is 0 Å². The van der Waals surface area contributed by atoms with E-state index in [2.05, 4.69) is 27.4 Å². The van der Waals surface area contributed by atoms with Gasteiger partial charge in [-0.15, -0.1) is 0 Å². The standard InChI is InChI=1S/C21H18FN5O/c1-27-6-5-11-3-2-4-13(19(11)27)17-7-12-8-18(24-10-15(12)20(23)25-17)26-21(28)14-9-16(14)22/h2-8,10,14,16H,9H2,1H3,(H2,23,25)(H,24,26,28)/t14-,16+/m1/s1. The van der Waals surface area contributed by atoms with Gasteiger partial charge in [-0.25, -0.2) is 14.4 Å². The first-order chi connectivity index (χ1) is 13.5. The van der Waals surface area contributed by atoms with Crippen LogP contribution in [-0.2, 0) is 11.8 Å². The number of rotatable bonds is 3. The third kappa shape index (κ3) is 2.67. The van der Waals surface area contributed by atoms with E-state index in [-0.39, 0.29) is 12.3 Å². The van der Waals surface area contributed by atoms with Crippen molar-refractivity contribution in [2.75, 3.05) is 11.1 Å². The minimum Gasteiger partial charge on any atom is -0.383 e. The molecule has 1 aromatic carbocycles. The van der Waals surface area contributed by atoms with Gasteiger partial charge in [-0.3, -0.25) is 4.79 Å². The van der Waals surface area contributed by atoms with E-state index in [0.717, 1.165) is 27.5 Å². The first kappa shape index (κ1) is 16.7. The Labute approximate surface area is 160 Å². The molecular weight excluding hydrogens is 357 g/mol. The zero-order valence-corrected chi connectivity index (χ0v) is 15.2. The molecule has 0 radical (unpaired) electrons. The van der Waals surface area contributed by atoms with Crippen LogP contribution in [0.15, 0.2) is 48.8 Å². The summed E-state index contributed by atoms with van der Waals surface area (Å²) in [6.45, 7) is 0. The third-order valence-electron chi connectivity index (χ3n) is 5.22. The van der Waals surface area contributed by atoms with E-state index in [1.807, 2.05) is 36.0 Å². The Morgan fingerprint density at radius 1 is 1.29 bits per heavy atom. The van der Waals surface area contributed by atoms with Crippen LogP contribution < -0.4 is 11.1 Å². The summed E-state index contributed by atoms with van der Waals surface area (Å²) in [6, 6.07) is 11.8. The number of hydrogen-bond donors (Lipinski definition) is 2. The second-order valence-electron chi connectivity index (χ2n) is 7.20. The number of fused-ring (bicyclic) bond motifs is 2. The molecule has 1 aliphatic rings. The van der Waals surface area contributed by atoms with Crippen LogP contribution in [0.25, 0.3) is 32.9 Å². The van der Waals surface area contributed by atoms with E-state index < -0.39 is 12.1 Å². The van der Waals surface area contributed by atoms with Crippen LogP contribution in [0.1, 0.15) is 6.42 Å². The number of aromatic nitrogens is 3. The highest BCUT2D eigenvalue weighted by Gasteiger charge is 2.43. The maximum atomic E-state index is 13.1. The minimum absolute atomic E-state index is 0.279. The summed E-state index contributed by atoms with van der Waals surface area (Å²) in [4.78, 5) is 20.8. The number of anilines is 2. The molecule has 140 valence electrons. The lowest BCUT2D eigenvalue weighted by molar-refractivity contribution is -0.117. The fourth-order valence-electron chi connectivity index (χ4n) is 3.60. The minimum atomic E-state index is -1.04. The molecule has 4 aromatic rings.